The molecule has 0 saturated heterocycles. The van der Waals surface area contributed by atoms with E-state index in [2.05, 4.69) is 9.97 Å². The number of pyridine rings is 2. The number of nitrogens with two attached hydrogens (primary N) is 1. The SMILES string of the molecule is C=O.CN(c1ccc(Oc2cccc3c2C2(CC2)CO3)nc1)c1cccnc1N. The number of hydrogen-bond donors (Lipinski definition) is 1. The zero-order valence-electron chi connectivity index (χ0n) is 16.2. The van der Waals surface area contributed by atoms with Crippen molar-refractivity contribution in [2.75, 3.05) is 24.3 Å². The third-order valence-corrected chi connectivity index (χ3v) is 5.38. The lowest BCUT2D eigenvalue weighted by molar-refractivity contribution is -0.0979. The van der Waals surface area contributed by atoms with Crippen molar-refractivity contribution in [3.63, 3.8) is 0 Å². The van der Waals surface area contributed by atoms with Crippen LogP contribution in [-0.2, 0) is 10.2 Å². The van der Waals surface area contributed by atoms with Gasteiger partial charge in [-0.1, -0.05) is 6.07 Å². The van der Waals surface area contributed by atoms with Gasteiger partial charge in [0.15, 0.2) is 0 Å². The molecular weight excluding hydrogens is 368 g/mol. The molecule has 1 fully saturated rings. The molecule has 1 spiro atoms. The lowest BCUT2D eigenvalue weighted by atomic mass is 9.97. The predicted octanol–water partition coefficient (Wildman–Crippen LogP) is 3.86. The fourth-order valence-corrected chi connectivity index (χ4v) is 3.65. The summed E-state index contributed by atoms with van der Waals surface area (Å²) in [4.78, 5) is 18.6. The van der Waals surface area contributed by atoms with Crippen LogP contribution in [0, 0.1) is 0 Å². The summed E-state index contributed by atoms with van der Waals surface area (Å²) in [6.45, 7) is 2.76. The quantitative estimate of drug-likeness (QED) is 0.723. The lowest BCUT2D eigenvalue weighted by Gasteiger charge is -2.20. The zero-order chi connectivity index (χ0) is 20.4. The van der Waals surface area contributed by atoms with Gasteiger partial charge < -0.3 is 24.9 Å². The largest absolute Gasteiger partial charge is 0.492 e. The highest BCUT2D eigenvalue weighted by Gasteiger charge is 2.52. The highest BCUT2D eigenvalue weighted by Crippen LogP contribution is 2.58. The molecule has 7 heteroatoms. The number of ether oxygens (including phenoxy) is 2. The Morgan fingerprint density at radius 3 is 2.66 bits per heavy atom. The Labute approximate surface area is 169 Å². The second kappa shape index (κ2) is 7.43. The average Bonchev–Trinajstić information content (AvgIpc) is 3.45. The average molecular weight is 390 g/mol. The zero-order valence-corrected chi connectivity index (χ0v) is 16.2. The summed E-state index contributed by atoms with van der Waals surface area (Å²) in [5.41, 5.74) is 9.05. The molecule has 148 valence electrons. The molecule has 29 heavy (non-hydrogen) atoms. The van der Waals surface area contributed by atoms with Crippen molar-refractivity contribution in [2.24, 2.45) is 0 Å². The first-order valence-electron chi connectivity index (χ1n) is 9.30. The van der Waals surface area contributed by atoms with E-state index in [9.17, 15) is 0 Å². The molecule has 0 amide bonds. The normalized spacial score (nSPS) is 14.9. The second-order valence-corrected chi connectivity index (χ2v) is 7.12. The van der Waals surface area contributed by atoms with Gasteiger partial charge in [0.25, 0.3) is 0 Å². The van der Waals surface area contributed by atoms with Crippen LogP contribution in [0.3, 0.4) is 0 Å². The van der Waals surface area contributed by atoms with Crippen molar-refractivity contribution >= 4 is 24.0 Å². The van der Waals surface area contributed by atoms with E-state index in [0.29, 0.717) is 11.7 Å². The molecule has 1 aromatic carbocycles. The van der Waals surface area contributed by atoms with Crippen molar-refractivity contribution in [3.05, 3.63) is 60.4 Å². The van der Waals surface area contributed by atoms with Crippen molar-refractivity contribution in [3.8, 4) is 17.4 Å². The number of benzene rings is 1. The van der Waals surface area contributed by atoms with Crippen LogP contribution in [-0.4, -0.2) is 30.4 Å². The van der Waals surface area contributed by atoms with Crippen LogP contribution in [0.15, 0.2) is 54.9 Å². The van der Waals surface area contributed by atoms with Gasteiger partial charge in [-0.2, -0.15) is 0 Å². The van der Waals surface area contributed by atoms with Gasteiger partial charge in [-0.25, -0.2) is 9.97 Å². The fraction of sp³-hybridized carbons (Fsp3) is 0.227. The molecule has 0 radical (unpaired) electrons. The molecule has 0 unspecified atom stereocenters. The van der Waals surface area contributed by atoms with Crippen LogP contribution < -0.4 is 20.1 Å². The Hall–Kier alpha value is -3.61. The first kappa shape index (κ1) is 18.7. The van der Waals surface area contributed by atoms with Crippen molar-refractivity contribution in [1.29, 1.82) is 0 Å². The van der Waals surface area contributed by atoms with Crippen LogP contribution in [0.25, 0.3) is 0 Å². The summed E-state index contributed by atoms with van der Waals surface area (Å²) in [6, 6.07) is 13.6. The van der Waals surface area contributed by atoms with Gasteiger partial charge in [-0.3, -0.25) is 0 Å². The van der Waals surface area contributed by atoms with Gasteiger partial charge in [-0.15, -0.1) is 0 Å². The van der Waals surface area contributed by atoms with Gasteiger partial charge in [0.1, 0.15) is 24.1 Å². The van der Waals surface area contributed by atoms with Gasteiger partial charge in [0, 0.05) is 30.3 Å². The van der Waals surface area contributed by atoms with E-state index in [0.717, 1.165) is 42.3 Å². The summed E-state index contributed by atoms with van der Waals surface area (Å²) in [5.74, 6) is 2.82. The number of hydrogen-bond acceptors (Lipinski definition) is 7. The summed E-state index contributed by atoms with van der Waals surface area (Å²) in [5, 5.41) is 0. The molecule has 2 N–H and O–H groups in total. The standard InChI is InChI=1S/C21H20N4O2.CH2O/c1-25(15-4-3-11-23-20(15)22)14-7-8-18(24-12-14)27-17-6-2-5-16-19(17)21(9-10-21)13-26-16;1-2/h2-8,11-12H,9-10,13H2,1H3,(H2,22,23);1H2. The molecule has 5 rings (SSSR count). The highest BCUT2D eigenvalue weighted by molar-refractivity contribution is 5.71. The molecule has 2 aliphatic rings. The molecule has 7 nitrogen and oxygen atoms in total. The van der Waals surface area contributed by atoms with Gasteiger partial charge in [0.2, 0.25) is 5.88 Å². The molecule has 0 atom stereocenters. The third kappa shape index (κ3) is 3.35. The van der Waals surface area contributed by atoms with E-state index in [1.54, 1.807) is 12.4 Å². The van der Waals surface area contributed by atoms with Crippen LogP contribution in [0.2, 0.25) is 0 Å². The Bertz CT molecular complexity index is 1020. The van der Waals surface area contributed by atoms with Gasteiger partial charge in [-0.05, 0) is 43.2 Å². The number of aromatic nitrogens is 2. The van der Waals surface area contributed by atoms with Crippen molar-refractivity contribution in [2.45, 2.75) is 18.3 Å². The number of nitrogen functional groups attached to an aromatic ring is 1. The molecule has 2 aromatic heterocycles. The Kier molecular flexibility index (Phi) is 4.80. The first-order chi connectivity index (χ1) is 14.2. The van der Waals surface area contributed by atoms with Crippen LogP contribution in [0.4, 0.5) is 17.2 Å². The minimum atomic E-state index is 0.157. The maximum Gasteiger partial charge on any atom is 0.219 e. The van der Waals surface area contributed by atoms with E-state index in [1.807, 2.05) is 61.2 Å². The second-order valence-electron chi connectivity index (χ2n) is 7.12. The minimum Gasteiger partial charge on any atom is -0.492 e. The number of rotatable bonds is 4. The minimum absolute atomic E-state index is 0.157. The fourth-order valence-electron chi connectivity index (χ4n) is 3.65. The first-order valence-corrected chi connectivity index (χ1v) is 9.30. The van der Waals surface area contributed by atoms with E-state index < -0.39 is 0 Å². The van der Waals surface area contributed by atoms with E-state index >= 15 is 0 Å². The Morgan fingerprint density at radius 2 is 1.97 bits per heavy atom. The number of carbonyl (C=O) groups is 1. The van der Waals surface area contributed by atoms with Crippen molar-refractivity contribution in [1.82, 2.24) is 9.97 Å². The van der Waals surface area contributed by atoms with E-state index in [4.69, 9.17) is 20.0 Å². The molecule has 3 heterocycles. The summed E-state index contributed by atoms with van der Waals surface area (Å²) in [6.07, 6.45) is 5.76. The Balaban J connectivity index is 0.000000994. The van der Waals surface area contributed by atoms with Crippen LogP contribution >= 0.6 is 0 Å². The lowest BCUT2D eigenvalue weighted by Crippen LogP contribution is -2.12. The van der Waals surface area contributed by atoms with Gasteiger partial charge >= 0.3 is 0 Å². The van der Waals surface area contributed by atoms with E-state index in [-0.39, 0.29) is 5.41 Å². The molecule has 3 aromatic rings. The van der Waals surface area contributed by atoms with Crippen molar-refractivity contribution < 1.29 is 14.3 Å². The number of nitrogens with zero attached hydrogens (tertiary/aromatic N) is 3. The summed E-state index contributed by atoms with van der Waals surface area (Å²) in [7, 11) is 1.93. The van der Waals surface area contributed by atoms with Crippen LogP contribution in [0.1, 0.15) is 18.4 Å². The smallest absolute Gasteiger partial charge is 0.219 e. The maximum atomic E-state index is 8.00. The number of carbonyl (C=O) groups excluding carboxylic acids is 1. The summed E-state index contributed by atoms with van der Waals surface area (Å²) < 4.78 is 12.0. The third-order valence-electron chi connectivity index (χ3n) is 5.38. The topological polar surface area (TPSA) is 90.6 Å². The molecule has 1 aliphatic carbocycles. The molecular formula is C22H22N4O3. The maximum absolute atomic E-state index is 8.00. The predicted molar refractivity (Wildman–Crippen MR) is 111 cm³/mol. The monoisotopic (exact) mass is 390 g/mol. The van der Waals surface area contributed by atoms with E-state index in [1.165, 1.54) is 5.56 Å². The molecule has 0 bridgehead atoms. The summed E-state index contributed by atoms with van der Waals surface area (Å²) >= 11 is 0. The van der Waals surface area contributed by atoms with Crippen LogP contribution in [0.5, 0.6) is 17.4 Å². The number of anilines is 3. The molecule has 1 saturated carbocycles. The highest BCUT2D eigenvalue weighted by atomic mass is 16.5. The number of fused-ring (bicyclic) bond motifs is 2. The molecule has 1 aliphatic heterocycles. The van der Waals surface area contributed by atoms with Gasteiger partial charge in [0.05, 0.1) is 24.2 Å². The Morgan fingerprint density at radius 1 is 1.14 bits per heavy atom.